The third-order valence-corrected chi connectivity index (χ3v) is 4.15. The van der Waals surface area contributed by atoms with E-state index in [1.54, 1.807) is 7.11 Å². The topological polar surface area (TPSA) is 9.23 Å². The Morgan fingerprint density at radius 3 is 2.75 bits per heavy atom. The van der Waals surface area contributed by atoms with Crippen LogP contribution in [0.4, 0.5) is 0 Å². The minimum absolute atomic E-state index is 0.555. The molecule has 90 valence electrons. The predicted molar refractivity (Wildman–Crippen MR) is 73.5 cm³/mol. The van der Waals surface area contributed by atoms with Crippen molar-refractivity contribution < 1.29 is 4.74 Å². The molecule has 1 nitrogen and oxygen atoms in total. The first-order valence-electron chi connectivity index (χ1n) is 5.94. The fourth-order valence-electron chi connectivity index (χ4n) is 1.86. The molecule has 2 atom stereocenters. The molecular formula is C14H21BrO. The number of hydrogen-bond donors (Lipinski definition) is 0. The van der Waals surface area contributed by atoms with Gasteiger partial charge in [0, 0.05) is 4.83 Å². The van der Waals surface area contributed by atoms with E-state index in [2.05, 4.69) is 48.0 Å². The molecule has 16 heavy (non-hydrogen) atoms. The Morgan fingerprint density at radius 2 is 2.12 bits per heavy atom. The minimum atomic E-state index is 0.555. The van der Waals surface area contributed by atoms with Crippen LogP contribution in [0.15, 0.2) is 24.3 Å². The van der Waals surface area contributed by atoms with Crippen LogP contribution in [-0.2, 0) is 6.42 Å². The van der Waals surface area contributed by atoms with Crippen molar-refractivity contribution in [3.63, 3.8) is 0 Å². The van der Waals surface area contributed by atoms with Gasteiger partial charge in [-0.05, 0) is 36.5 Å². The second-order valence-electron chi connectivity index (χ2n) is 4.34. The van der Waals surface area contributed by atoms with Gasteiger partial charge in [-0.3, -0.25) is 0 Å². The highest BCUT2D eigenvalue weighted by atomic mass is 79.9. The van der Waals surface area contributed by atoms with Crippen molar-refractivity contribution in [3.05, 3.63) is 29.8 Å². The third kappa shape index (κ3) is 4.17. The Morgan fingerprint density at radius 1 is 1.38 bits per heavy atom. The summed E-state index contributed by atoms with van der Waals surface area (Å²) in [7, 11) is 1.71. The van der Waals surface area contributed by atoms with Crippen molar-refractivity contribution in [2.24, 2.45) is 5.92 Å². The molecule has 0 aliphatic carbocycles. The third-order valence-electron chi connectivity index (χ3n) is 2.93. The lowest BCUT2D eigenvalue weighted by atomic mass is 9.97. The number of hydrogen-bond acceptors (Lipinski definition) is 1. The zero-order chi connectivity index (χ0) is 12.0. The molecule has 0 aliphatic heterocycles. The average Bonchev–Trinajstić information content (AvgIpc) is 2.29. The number of benzene rings is 1. The second kappa shape index (κ2) is 6.95. The highest BCUT2D eigenvalue weighted by Crippen LogP contribution is 2.23. The molecule has 0 fully saturated rings. The molecule has 0 spiro atoms. The van der Waals surface area contributed by atoms with Gasteiger partial charge in [0.1, 0.15) is 5.75 Å². The van der Waals surface area contributed by atoms with Gasteiger partial charge in [-0.15, -0.1) is 0 Å². The van der Waals surface area contributed by atoms with Crippen LogP contribution in [0.1, 0.15) is 32.3 Å². The summed E-state index contributed by atoms with van der Waals surface area (Å²) in [5.41, 5.74) is 1.34. The van der Waals surface area contributed by atoms with Gasteiger partial charge in [-0.1, -0.05) is 48.3 Å². The maximum absolute atomic E-state index is 5.23. The Balaban J connectivity index is 2.58. The SMILES string of the molecule is CCCC(C)C(Br)Cc1cccc(OC)c1. The van der Waals surface area contributed by atoms with E-state index in [4.69, 9.17) is 4.74 Å². The molecule has 1 rings (SSSR count). The maximum Gasteiger partial charge on any atom is 0.119 e. The molecule has 0 saturated heterocycles. The van der Waals surface area contributed by atoms with E-state index in [1.807, 2.05) is 6.07 Å². The van der Waals surface area contributed by atoms with Crippen LogP contribution in [-0.4, -0.2) is 11.9 Å². The molecule has 0 amide bonds. The lowest BCUT2D eigenvalue weighted by Crippen LogP contribution is -2.13. The second-order valence-corrected chi connectivity index (χ2v) is 5.51. The van der Waals surface area contributed by atoms with Crippen molar-refractivity contribution in [1.29, 1.82) is 0 Å². The number of halogens is 1. The monoisotopic (exact) mass is 284 g/mol. The van der Waals surface area contributed by atoms with Crippen LogP contribution in [0.25, 0.3) is 0 Å². The zero-order valence-corrected chi connectivity index (χ0v) is 12.0. The van der Waals surface area contributed by atoms with Crippen LogP contribution >= 0.6 is 15.9 Å². The number of methoxy groups -OCH3 is 1. The number of alkyl halides is 1. The first-order valence-corrected chi connectivity index (χ1v) is 6.86. The van der Waals surface area contributed by atoms with Crippen molar-refractivity contribution >= 4 is 15.9 Å². The van der Waals surface area contributed by atoms with Gasteiger partial charge in [-0.2, -0.15) is 0 Å². The largest absolute Gasteiger partial charge is 0.497 e. The van der Waals surface area contributed by atoms with E-state index < -0.39 is 0 Å². The van der Waals surface area contributed by atoms with E-state index in [0.29, 0.717) is 4.83 Å². The van der Waals surface area contributed by atoms with E-state index >= 15 is 0 Å². The zero-order valence-electron chi connectivity index (χ0n) is 10.4. The van der Waals surface area contributed by atoms with Crippen LogP contribution < -0.4 is 4.74 Å². The van der Waals surface area contributed by atoms with Crippen molar-refractivity contribution in [2.45, 2.75) is 37.9 Å². The van der Waals surface area contributed by atoms with Gasteiger partial charge in [-0.25, -0.2) is 0 Å². The summed E-state index contributed by atoms with van der Waals surface area (Å²) in [4.78, 5) is 0.555. The molecule has 1 aromatic carbocycles. The quantitative estimate of drug-likeness (QED) is 0.702. The molecule has 0 aliphatic rings. The first-order chi connectivity index (χ1) is 7.67. The van der Waals surface area contributed by atoms with Crippen LogP contribution in [0.2, 0.25) is 0 Å². The lowest BCUT2D eigenvalue weighted by Gasteiger charge is -2.17. The lowest BCUT2D eigenvalue weighted by molar-refractivity contribution is 0.414. The summed E-state index contributed by atoms with van der Waals surface area (Å²) < 4.78 is 5.23. The Kier molecular flexibility index (Phi) is 5.89. The van der Waals surface area contributed by atoms with E-state index in [1.165, 1.54) is 18.4 Å². The molecule has 2 heteroatoms. The summed E-state index contributed by atoms with van der Waals surface area (Å²) in [6.07, 6.45) is 3.60. The molecule has 0 bridgehead atoms. The molecule has 2 unspecified atom stereocenters. The van der Waals surface area contributed by atoms with Gasteiger partial charge in [0.05, 0.1) is 7.11 Å². The highest BCUT2D eigenvalue weighted by Gasteiger charge is 2.13. The summed E-state index contributed by atoms with van der Waals surface area (Å²) in [5, 5.41) is 0. The summed E-state index contributed by atoms with van der Waals surface area (Å²) in [6, 6.07) is 8.32. The molecule has 0 radical (unpaired) electrons. The molecule has 0 N–H and O–H groups in total. The van der Waals surface area contributed by atoms with Gasteiger partial charge in [0.15, 0.2) is 0 Å². The summed E-state index contributed by atoms with van der Waals surface area (Å²) >= 11 is 3.79. The first kappa shape index (κ1) is 13.6. The minimum Gasteiger partial charge on any atom is -0.497 e. The van der Waals surface area contributed by atoms with Gasteiger partial charge < -0.3 is 4.74 Å². The van der Waals surface area contributed by atoms with Gasteiger partial charge in [0.2, 0.25) is 0 Å². The van der Waals surface area contributed by atoms with Crippen LogP contribution in [0.5, 0.6) is 5.75 Å². The predicted octanol–water partition coefficient (Wildman–Crippen LogP) is 4.44. The highest BCUT2D eigenvalue weighted by molar-refractivity contribution is 9.09. The summed E-state index contributed by atoms with van der Waals surface area (Å²) in [6.45, 7) is 4.55. The van der Waals surface area contributed by atoms with E-state index in [9.17, 15) is 0 Å². The fraction of sp³-hybridized carbons (Fsp3) is 0.571. The molecule has 0 heterocycles. The van der Waals surface area contributed by atoms with E-state index in [-0.39, 0.29) is 0 Å². The average molecular weight is 285 g/mol. The Hall–Kier alpha value is -0.500. The molecular weight excluding hydrogens is 264 g/mol. The number of ether oxygens (including phenoxy) is 1. The van der Waals surface area contributed by atoms with Crippen molar-refractivity contribution in [2.75, 3.05) is 7.11 Å². The molecule has 0 aromatic heterocycles. The maximum atomic E-state index is 5.23. The number of rotatable bonds is 6. The van der Waals surface area contributed by atoms with Crippen molar-refractivity contribution in [1.82, 2.24) is 0 Å². The van der Waals surface area contributed by atoms with Crippen molar-refractivity contribution in [3.8, 4) is 5.75 Å². The van der Waals surface area contributed by atoms with E-state index in [0.717, 1.165) is 18.1 Å². The normalized spacial score (nSPS) is 14.5. The Bertz CT molecular complexity index is 311. The van der Waals surface area contributed by atoms with Crippen LogP contribution in [0.3, 0.4) is 0 Å². The Labute approximate surface area is 107 Å². The standard InChI is InChI=1S/C14H21BrO/c1-4-6-11(2)14(15)10-12-7-5-8-13(9-12)16-3/h5,7-9,11,14H,4,6,10H2,1-3H3. The molecule has 1 aromatic rings. The fourth-order valence-corrected chi connectivity index (χ4v) is 2.50. The smallest absolute Gasteiger partial charge is 0.119 e. The van der Waals surface area contributed by atoms with Gasteiger partial charge in [0.25, 0.3) is 0 Å². The summed E-state index contributed by atoms with van der Waals surface area (Å²) in [5.74, 6) is 1.66. The van der Waals surface area contributed by atoms with Gasteiger partial charge >= 0.3 is 0 Å². The van der Waals surface area contributed by atoms with Crippen LogP contribution in [0, 0.1) is 5.92 Å². The molecule has 0 saturated carbocycles.